The minimum absolute atomic E-state index is 0.0122. The molecule has 1 N–H and O–H groups in total. The lowest BCUT2D eigenvalue weighted by Crippen LogP contribution is -2.35. The van der Waals surface area contributed by atoms with E-state index in [2.05, 4.69) is 5.32 Å². The highest BCUT2D eigenvalue weighted by atomic mass is 19.4. The van der Waals surface area contributed by atoms with Gasteiger partial charge in [-0.1, -0.05) is 30.3 Å². The summed E-state index contributed by atoms with van der Waals surface area (Å²) in [7, 11) is 0. The molecule has 5 heteroatoms. The van der Waals surface area contributed by atoms with Crippen molar-refractivity contribution in [3.8, 4) is 0 Å². The molecule has 0 unspecified atom stereocenters. The van der Waals surface area contributed by atoms with Gasteiger partial charge in [0.1, 0.15) is 0 Å². The van der Waals surface area contributed by atoms with E-state index in [9.17, 15) is 13.2 Å². The van der Waals surface area contributed by atoms with E-state index < -0.39 is 18.6 Å². The van der Waals surface area contributed by atoms with E-state index in [0.717, 1.165) is 12.0 Å². The van der Waals surface area contributed by atoms with Gasteiger partial charge in [-0.15, -0.1) is 0 Å². The maximum atomic E-state index is 12.3. The molecule has 0 amide bonds. The summed E-state index contributed by atoms with van der Waals surface area (Å²) in [6.07, 6.45) is -4.04. The van der Waals surface area contributed by atoms with E-state index in [-0.39, 0.29) is 12.0 Å². The molecule has 0 aliphatic carbocycles. The van der Waals surface area contributed by atoms with Crippen molar-refractivity contribution in [1.29, 1.82) is 0 Å². The molecule has 1 aliphatic rings. The monoisotopic (exact) mass is 287 g/mol. The van der Waals surface area contributed by atoms with Gasteiger partial charge >= 0.3 is 6.18 Å². The standard InChI is InChI=1S/C15H20F3NO/c1-11(9-15(16,17)18)19-10-13-7-8-20-14(13)12-5-3-2-4-6-12/h2-6,11,13-14,19H,7-10H2,1H3/t11-,13+,14+/m0/s1. The van der Waals surface area contributed by atoms with E-state index in [1.807, 2.05) is 30.3 Å². The number of hydrogen-bond acceptors (Lipinski definition) is 2. The average molecular weight is 287 g/mol. The van der Waals surface area contributed by atoms with Crippen LogP contribution in [0.1, 0.15) is 31.4 Å². The Balaban J connectivity index is 1.86. The second-order valence-electron chi connectivity index (χ2n) is 5.38. The van der Waals surface area contributed by atoms with Crippen LogP contribution in [-0.2, 0) is 4.74 Å². The summed E-state index contributed by atoms with van der Waals surface area (Å²) in [5.41, 5.74) is 1.10. The Morgan fingerprint density at radius 3 is 2.65 bits per heavy atom. The number of benzene rings is 1. The van der Waals surface area contributed by atoms with E-state index in [1.54, 1.807) is 6.92 Å². The number of ether oxygens (including phenoxy) is 1. The van der Waals surface area contributed by atoms with Crippen molar-refractivity contribution in [2.75, 3.05) is 13.2 Å². The van der Waals surface area contributed by atoms with Crippen LogP contribution in [0.2, 0.25) is 0 Å². The predicted octanol–water partition coefficient (Wildman–Crippen LogP) is 3.69. The molecule has 1 aromatic rings. The topological polar surface area (TPSA) is 21.3 Å². The van der Waals surface area contributed by atoms with Gasteiger partial charge in [-0.2, -0.15) is 13.2 Å². The summed E-state index contributed by atoms with van der Waals surface area (Å²) < 4.78 is 42.6. The largest absolute Gasteiger partial charge is 0.390 e. The first-order valence-corrected chi connectivity index (χ1v) is 6.92. The molecule has 2 nitrogen and oxygen atoms in total. The Kier molecular flexibility index (Phi) is 5.05. The molecule has 1 aromatic carbocycles. The van der Waals surface area contributed by atoms with Crippen molar-refractivity contribution in [2.24, 2.45) is 5.92 Å². The van der Waals surface area contributed by atoms with Crippen LogP contribution in [0.3, 0.4) is 0 Å². The molecule has 1 heterocycles. The smallest absolute Gasteiger partial charge is 0.373 e. The molecule has 20 heavy (non-hydrogen) atoms. The van der Waals surface area contributed by atoms with Gasteiger partial charge in [-0.3, -0.25) is 0 Å². The molecule has 0 bridgehead atoms. The first-order chi connectivity index (χ1) is 9.46. The van der Waals surface area contributed by atoms with Crippen LogP contribution >= 0.6 is 0 Å². The fourth-order valence-corrected chi connectivity index (χ4v) is 2.63. The minimum Gasteiger partial charge on any atom is -0.373 e. The number of rotatable bonds is 5. The van der Waals surface area contributed by atoms with Gasteiger partial charge in [0.05, 0.1) is 12.5 Å². The molecule has 3 atom stereocenters. The van der Waals surface area contributed by atoms with E-state index >= 15 is 0 Å². The highest BCUT2D eigenvalue weighted by Crippen LogP contribution is 2.34. The van der Waals surface area contributed by atoms with Gasteiger partial charge in [-0.25, -0.2) is 0 Å². The summed E-state index contributed by atoms with van der Waals surface area (Å²) >= 11 is 0. The molecule has 0 saturated carbocycles. The normalized spacial score (nSPS) is 24.8. The van der Waals surface area contributed by atoms with Crippen molar-refractivity contribution in [3.63, 3.8) is 0 Å². The fourth-order valence-electron chi connectivity index (χ4n) is 2.63. The zero-order valence-electron chi connectivity index (χ0n) is 11.5. The lowest BCUT2D eigenvalue weighted by molar-refractivity contribution is -0.139. The van der Waals surface area contributed by atoms with Gasteiger partial charge in [0, 0.05) is 25.1 Å². The average Bonchev–Trinajstić information content (AvgIpc) is 2.83. The third-order valence-electron chi connectivity index (χ3n) is 3.61. The van der Waals surface area contributed by atoms with Crippen LogP contribution in [-0.4, -0.2) is 25.4 Å². The Hall–Kier alpha value is -1.07. The lowest BCUT2D eigenvalue weighted by Gasteiger charge is -2.22. The predicted molar refractivity (Wildman–Crippen MR) is 71.4 cm³/mol. The van der Waals surface area contributed by atoms with E-state index in [1.165, 1.54) is 0 Å². The second kappa shape index (κ2) is 6.59. The van der Waals surface area contributed by atoms with Crippen molar-refractivity contribution in [3.05, 3.63) is 35.9 Å². The van der Waals surface area contributed by atoms with Crippen molar-refractivity contribution in [1.82, 2.24) is 5.32 Å². The third-order valence-corrected chi connectivity index (χ3v) is 3.61. The molecule has 1 fully saturated rings. The molecular formula is C15H20F3NO. The number of halogens is 3. The Labute approximate surface area is 117 Å². The van der Waals surface area contributed by atoms with Crippen LogP contribution in [0.25, 0.3) is 0 Å². The van der Waals surface area contributed by atoms with Crippen LogP contribution < -0.4 is 5.32 Å². The molecular weight excluding hydrogens is 267 g/mol. The zero-order chi connectivity index (χ0) is 14.6. The minimum atomic E-state index is -4.11. The molecule has 1 saturated heterocycles. The van der Waals surface area contributed by atoms with Gasteiger partial charge in [-0.05, 0) is 18.9 Å². The summed E-state index contributed by atoms with van der Waals surface area (Å²) in [6.45, 7) is 2.79. The SMILES string of the molecule is C[C@@H](CC(F)(F)F)NC[C@H]1CCO[C@@H]1c1ccccc1. The van der Waals surface area contributed by atoms with E-state index in [4.69, 9.17) is 4.74 Å². The van der Waals surface area contributed by atoms with Gasteiger partial charge < -0.3 is 10.1 Å². The van der Waals surface area contributed by atoms with Crippen molar-refractivity contribution < 1.29 is 17.9 Å². The third kappa shape index (κ3) is 4.49. The summed E-state index contributed by atoms with van der Waals surface area (Å²) in [6, 6.07) is 9.29. The lowest BCUT2D eigenvalue weighted by atomic mass is 9.95. The molecule has 0 spiro atoms. The fraction of sp³-hybridized carbons (Fsp3) is 0.600. The number of nitrogens with one attached hydrogen (secondary N) is 1. The van der Waals surface area contributed by atoms with Crippen LogP contribution in [0.5, 0.6) is 0 Å². The highest BCUT2D eigenvalue weighted by molar-refractivity contribution is 5.19. The van der Waals surface area contributed by atoms with Gasteiger partial charge in [0.2, 0.25) is 0 Å². The van der Waals surface area contributed by atoms with Gasteiger partial charge in [0.25, 0.3) is 0 Å². The maximum absolute atomic E-state index is 12.3. The molecule has 112 valence electrons. The van der Waals surface area contributed by atoms with Crippen molar-refractivity contribution >= 4 is 0 Å². The van der Waals surface area contributed by atoms with E-state index in [0.29, 0.717) is 13.2 Å². The van der Waals surface area contributed by atoms with Crippen LogP contribution in [0.4, 0.5) is 13.2 Å². The van der Waals surface area contributed by atoms with Crippen LogP contribution in [0, 0.1) is 5.92 Å². The molecule has 2 rings (SSSR count). The Morgan fingerprint density at radius 1 is 1.30 bits per heavy atom. The molecule has 0 aromatic heterocycles. The Morgan fingerprint density at radius 2 is 2.00 bits per heavy atom. The van der Waals surface area contributed by atoms with Gasteiger partial charge in [0.15, 0.2) is 0 Å². The summed E-state index contributed by atoms with van der Waals surface area (Å²) in [5, 5.41) is 2.98. The Bertz CT molecular complexity index is 407. The summed E-state index contributed by atoms with van der Waals surface area (Å²) in [4.78, 5) is 0. The van der Waals surface area contributed by atoms with Crippen LogP contribution in [0.15, 0.2) is 30.3 Å². The number of alkyl halides is 3. The summed E-state index contributed by atoms with van der Waals surface area (Å²) in [5.74, 6) is 0.230. The zero-order valence-corrected chi connectivity index (χ0v) is 11.5. The first kappa shape index (κ1) is 15.3. The number of hydrogen-bond donors (Lipinski definition) is 1. The maximum Gasteiger partial charge on any atom is 0.390 e. The highest BCUT2D eigenvalue weighted by Gasteiger charge is 2.32. The quantitative estimate of drug-likeness (QED) is 0.891. The molecule has 1 aliphatic heterocycles. The second-order valence-corrected chi connectivity index (χ2v) is 5.38. The molecule has 0 radical (unpaired) electrons. The first-order valence-electron chi connectivity index (χ1n) is 6.92. The van der Waals surface area contributed by atoms with Crippen molar-refractivity contribution in [2.45, 2.75) is 38.1 Å².